The largest absolute Gasteiger partial charge is 0.478 e. The molecule has 3 N–H and O–H groups in total. The second kappa shape index (κ2) is 6.47. The summed E-state index contributed by atoms with van der Waals surface area (Å²) in [5, 5.41) is 8.73. The summed E-state index contributed by atoms with van der Waals surface area (Å²) in [6.45, 7) is -0.411. The highest BCUT2D eigenvalue weighted by molar-refractivity contribution is 7.90. The number of carboxylic acids is 1. The van der Waals surface area contributed by atoms with Crippen LogP contribution in [0.2, 0.25) is 0 Å². The lowest BCUT2D eigenvalue weighted by molar-refractivity contribution is 0.0691. The number of hydrogen-bond donors (Lipinski definition) is 3. The van der Waals surface area contributed by atoms with Crippen molar-refractivity contribution in [3.63, 3.8) is 0 Å². The first kappa shape index (κ1) is 17.5. The number of sulfonamides is 2. The lowest BCUT2D eigenvalue weighted by Gasteiger charge is -2.08. The molecule has 0 aliphatic carbocycles. The topological polar surface area (TPSA) is 130 Å². The van der Waals surface area contributed by atoms with Gasteiger partial charge in [0.05, 0.1) is 16.2 Å². The average molecular weight is 340 g/mol. The molecule has 21 heavy (non-hydrogen) atoms. The van der Waals surface area contributed by atoms with E-state index in [1.54, 1.807) is 0 Å². The van der Waals surface area contributed by atoms with E-state index in [0.29, 0.717) is 12.1 Å². The molecule has 11 heteroatoms. The fourth-order valence-electron chi connectivity index (χ4n) is 1.33. The highest BCUT2D eigenvalue weighted by atomic mass is 32.2. The molecule has 0 unspecified atom stereocenters. The smallest absolute Gasteiger partial charge is 0.338 e. The Morgan fingerprint density at radius 1 is 1.29 bits per heavy atom. The van der Waals surface area contributed by atoms with Gasteiger partial charge < -0.3 is 5.11 Å². The van der Waals surface area contributed by atoms with Crippen molar-refractivity contribution in [3.05, 3.63) is 29.6 Å². The highest BCUT2D eigenvalue weighted by Crippen LogP contribution is 2.15. The highest BCUT2D eigenvalue weighted by Gasteiger charge is 2.19. The Morgan fingerprint density at radius 3 is 2.43 bits per heavy atom. The second-order valence-corrected chi connectivity index (χ2v) is 7.68. The van der Waals surface area contributed by atoms with Crippen molar-refractivity contribution in [2.45, 2.75) is 4.90 Å². The molecule has 0 aromatic heterocycles. The zero-order valence-corrected chi connectivity index (χ0v) is 12.5. The third-order valence-corrected chi connectivity index (χ3v) is 5.27. The Kier molecular flexibility index (Phi) is 5.39. The summed E-state index contributed by atoms with van der Waals surface area (Å²) in [5.41, 5.74) is -0.791. The number of benzene rings is 1. The van der Waals surface area contributed by atoms with Crippen LogP contribution < -0.4 is 9.44 Å². The molecule has 8 nitrogen and oxygen atoms in total. The molecule has 0 spiro atoms. The van der Waals surface area contributed by atoms with E-state index in [2.05, 4.69) is 0 Å². The first-order valence-corrected chi connectivity index (χ1v) is 8.66. The molecule has 0 fully saturated rings. The minimum Gasteiger partial charge on any atom is -0.478 e. The Labute approximate surface area is 121 Å². The van der Waals surface area contributed by atoms with Gasteiger partial charge in [0.15, 0.2) is 0 Å². The van der Waals surface area contributed by atoms with Gasteiger partial charge in [0, 0.05) is 6.54 Å². The van der Waals surface area contributed by atoms with Crippen LogP contribution in [0.1, 0.15) is 10.4 Å². The molecule has 0 saturated carbocycles. The van der Waals surface area contributed by atoms with Crippen LogP contribution in [-0.2, 0) is 20.0 Å². The number of rotatable bonds is 7. The molecule has 0 saturated heterocycles. The predicted octanol–water partition coefficient (Wildman–Crippen LogP) is -0.649. The van der Waals surface area contributed by atoms with Gasteiger partial charge in [-0.2, -0.15) is 0 Å². The average Bonchev–Trinajstić information content (AvgIpc) is 2.38. The number of halogens is 1. The van der Waals surface area contributed by atoms with Crippen LogP contribution in [0.4, 0.5) is 4.39 Å². The summed E-state index contributed by atoms with van der Waals surface area (Å²) < 4.78 is 63.2. The van der Waals surface area contributed by atoms with E-state index in [1.807, 2.05) is 9.44 Å². The minimum atomic E-state index is -4.14. The molecule has 1 rings (SSSR count). The summed E-state index contributed by atoms with van der Waals surface area (Å²) in [4.78, 5) is 10.3. The van der Waals surface area contributed by atoms with E-state index in [4.69, 9.17) is 5.11 Å². The van der Waals surface area contributed by atoms with E-state index in [-0.39, 0.29) is 0 Å². The molecule has 1 aromatic carbocycles. The summed E-state index contributed by atoms with van der Waals surface area (Å²) in [7, 11) is -6.54. The monoisotopic (exact) mass is 340 g/mol. The van der Waals surface area contributed by atoms with Crippen molar-refractivity contribution < 1.29 is 31.1 Å². The van der Waals surface area contributed by atoms with Gasteiger partial charge in [-0.1, -0.05) is 0 Å². The van der Waals surface area contributed by atoms with Crippen LogP contribution in [0.15, 0.2) is 23.1 Å². The fourth-order valence-corrected chi connectivity index (χ4v) is 3.09. The van der Waals surface area contributed by atoms with Gasteiger partial charge in [-0.3, -0.25) is 0 Å². The molecule has 0 radical (unpaired) electrons. The molecule has 0 amide bonds. The zero-order chi connectivity index (χ0) is 16.3. The molecule has 0 atom stereocenters. The van der Waals surface area contributed by atoms with E-state index in [9.17, 15) is 26.0 Å². The Balaban J connectivity index is 2.94. The van der Waals surface area contributed by atoms with Crippen LogP contribution in [0.25, 0.3) is 0 Å². The fraction of sp³-hybridized carbons (Fsp3) is 0.300. The van der Waals surface area contributed by atoms with Crippen LogP contribution in [-0.4, -0.2) is 47.3 Å². The van der Waals surface area contributed by atoms with Crippen molar-refractivity contribution in [3.8, 4) is 0 Å². The van der Waals surface area contributed by atoms with Crippen molar-refractivity contribution in [2.24, 2.45) is 0 Å². The maximum absolute atomic E-state index is 13.2. The van der Waals surface area contributed by atoms with Crippen molar-refractivity contribution in [1.29, 1.82) is 0 Å². The lowest BCUT2D eigenvalue weighted by Crippen LogP contribution is -2.33. The molecule has 0 bridgehead atoms. The zero-order valence-electron chi connectivity index (χ0n) is 10.8. The maximum Gasteiger partial charge on any atom is 0.338 e. The van der Waals surface area contributed by atoms with Gasteiger partial charge >= 0.3 is 5.97 Å². The summed E-state index contributed by atoms with van der Waals surface area (Å²) in [6.07, 6.45) is 0. The summed E-state index contributed by atoms with van der Waals surface area (Å²) >= 11 is 0. The van der Waals surface area contributed by atoms with Gasteiger partial charge in [-0.25, -0.2) is 35.5 Å². The number of hydrogen-bond acceptors (Lipinski definition) is 5. The van der Waals surface area contributed by atoms with Gasteiger partial charge in [-0.15, -0.1) is 0 Å². The number of carboxylic acid groups (broad SMARTS) is 1. The first-order valence-electron chi connectivity index (χ1n) is 5.53. The van der Waals surface area contributed by atoms with Crippen molar-refractivity contribution in [1.82, 2.24) is 9.44 Å². The summed E-state index contributed by atoms with van der Waals surface area (Å²) in [6, 6.07) is 2.26. The molecule has 0 heterocycles. The van der Waals surface area contributed by atoms with Gasteiger partial charge in [-0.05, 0) is 25.2 Å². The Bertz CT molecular complexity index is 745. The minimum absolute atomic E-state index is 0.411. The maximum atomic E-state index is 13.2. The number of aromatic carboxylic acids is 1. The van der Waals surface area contributed by atoms with Gasteiger partial charge in [0.1, 0.15) is 5.82 Å². The van der Waals surface area contributed by atoms with Gasteiger partial charge in [0.25, 0.3) is 0 Å². The molecule has 118 valence electrons. The van der Waals surface area contributed by atoms with E-state index < -0.39 is 54.6 Å². The molecule has 0 aliphatic heterocycles. The first-order chi connectivity index (χ1) is 9.59. The molecule has 0 aliphatic rings. The van der Waals surface area contributed by atoms with Crippen LogP contribution in [0.5, 0.6) is 0 Å². The SMILES string of the molecule is CNS(=O)(=O)CCNS(=O)(=O)c1ccc(F)c(C(=O)O)c1. The third kappa shape index (κ3) is 4.74. The van der Waals surface area contributed by atoms with Crippen LogP contribution in [0.3, 0.4) is 0 Å². The van der Waals surface area contributed by atoms with E-state index in [0.717, 1.165) is 6.07 Å². The van der Waals surface area contributed by atoms with E-state index >= 15 is 0 Å². The normalized spacial score (nSPS) is 12.3. The standard InChI is InChI=1S/C10H13FN2O6S2/c1-12-20(16,17)5-4-13-21(18,19)7-2-3-9(11)8(6-7)10(14)15/h2-3,6,12-13H,4-5H2,1H3,(H,14,15). The molecular formula is C10H13FN2O6S2. The van der Waals surface area contributed by atoms with Crippen molar-refractivity contribution >= 4 is 26.0 Å². The third-order valence-electron chi connectivity index (χ3n) is 2.45. The molecular weight excluding hydrogens is 327 g/mol. The molecule has 1 aromatic rings. The Hall–Kier alpha value is -1.56. The van der Waals surface area contributed by atoms with Crippen LogP contribution >= 0.6 is 0 Å². The number of nitrogens with one attached hydrogen (secondary N) is 2. The Morgan fingerprint density at radius 2 is 1.90 bits per heavy atom. The predicted molar refractivity (Wildman–Crippen MR) is 71.4 cm³/mol. The lowest BCUT2D eigenvalue weighted by atomic mass is 10.2. The number of carbonyl (C=O) groups is 1. The van der Waals surface area contributed by atoms with Gasteiger partial charge in [0.2, 0.25) is 20.0 Å². The van der Waals surface area contributed by atoms with Crippen LogP contribution in [0, 0.1) is 5.82 Å². The van der Waals surface area contributed by atoms with Crippen molar-refractivity contribution in [2.75, 3.05) is 19.3 Å². The van der Waals surface area contributed by atoms with E-state index in [1.165, 1.54) is 7.05 Å². The summed E-state index contributed by atoms with van der Waals surface area (Å²) in [5.74, 6) is -3.17. The quantitative estimate of drug-likeness (QED) is 0.605. The second-order valence-electron chi connectivity index (χ2n) is 3.87.